The molecule has 0 aliphatic carbocycles. The topological polar surface area (TPSA) is 55.4 Å². The lowest BCUT2D eigenvalue weighted by molar-refractivity contribution is -0.280. The molecule has 0 N–H and O–H groups in total. The summed E-state index contributed by atoms with van der Waals surface area (Å²) < 4.78 is 20.5. The molecule has 0 radical (unpaired) electrons. The van der Waals surface area contributed by atoms with E-state index in [0.717, 1.165) is 6.61 Å². The summed E-state index contributed by atoms with van der Waals surface area (Å²) in [6, 6.07) is 0. The quantitative estimate of drug-likeness (QED) is 0.203. The van der Waals surface area contributed by atoms with Gasteiger partial charge in [0.2, 0.25) is 0 Å². The second-order valence-electron chi connectivity index (χ2n) is 2.73. The highest BCUT2D eigenvalue weighted by Crippen LogP contribution is 1.83. The summed E-state index contributed by atoms with van der Waals surface area (Å²) in [6.07, 6.45) is 0. The summed E-state index contributed by atoms with van der Waals surface area (Å²) in [6.45, 7) is 6.03. The maximum Gasteiger partial charge on any atom is 0.146 e. The van der Waals surface area contributed by atoms with E-state index in [1.807, 2.05) is 6.92 Å². The summed E-state index contributed by atoms with van der Waals surface area (Å²) in [5, 5.41) is 0. The molecule has 0 bridgehead atoms. The first kappa shape index (κ1) is 15.8. The first-order valence-electron chi connectivity index (χ1n) is 5.38. The van der Waals surface area contributed by atoms with Crippen molar-refractivity contribution < 1.29 is 28.7 Å². The molecule has 0 atom stereocenters. The summed E-state index contributed by atoms with van der Waals surface area (Å²) in [5.41, 5.74) is 0. The lowest BCUT2D eigenvalue weighted by atomic mass is 10.7. The number of hydrogen-bond donors (Lipinski definition) is 0. The van der Waals surface area contributed by atoms with Crippen LogP contribution < -0.4 is 0 Å². The molecule has 0 aromatic rings. The van der Waals surface area contributed by atoms with Gasteiger partial charge >= 0.3 is 0 Å². The summed E-state index contributed by atoms with van der Waals surface area (Å²) in [4.78, 5) is 8.98. The van der Waals surface area contributed by atoms with Crippen LogP contribution in [0.15, 0.2) is 0 Å². The summed E-state index contributed by atoms with van der Waals surface area (Å²) in [7, 11) is 1.45. The van der Waals surface area contributed by atoms with E-state index < -0.39 is 0 Å². The molecule has 0 aliphatic rings. The van der Waals surface area contributed by atoms with Crippen molar-refractivity contribution in [3.63, 3.8) is 0 Å². The predicted octanol–water partition coefficient (Wildman–Crippen LogP) is 0.608. The van der Waals surface area contributed by atoms with Gasteiger partial charge in [0.05, 0.1) is 40.1 Å². The molecule has 0 saturated heterocycles. The Bertz CT molecular complexity index is 108. The average Bonchev–Trinajstić information content (AvgIpc) is 2.31. The number of hydrogen-bond acceptors (Lipinski definition) is 6. The van der Waals surface area contributed by atoms with Gasteiger partial charge in [-0.3, -0.25) is 0 Å². The van der Waals surface area contributed by atoms with E-state index in [1.54, 1.807) is 0 Å². The largest absolute Gasteiger partial charge is 0.379 e. The van der Waals surface area contributed by atoms with Gasteiger partial charge in [0, 0.05) is 6.61 Å². The monoisotopic (exact) mass is 238 g/mol. The van der Waals surface area contributed by atoms with E-state index in [2.05, 4.69) is 9.78 Å². The molecule has 0 aliphatic heterocycles. The molecule has 0 saturated carbocycles. The third-order valence-electron chi connectivity index (χ3n) is 1.54. The van der Waals surface area contributed by atoms with Gasteiger partial charge in [0.25, 0.3) is 0 Å². The Labute approximate surface area is 96.6 Å². The molecule has 0 amide bonds. The van der Waals surface area contributed by atoms with E-state index in [1.165, 1.54) is 7.11 Å². The van der Waals surface area contributed by atoms with Crippen LogP contribution in [-0.4, -0.2) is 60.2 Å². The van der Waals surface area contributed by atoms with E-state index in [4.69, 9.17) is 18.9 Å². The average molecular weight is 238 g/mol. The van der Waals surface area contributed by atoms with Gasteiger partial charge in [-0.05, 0) is 6.92 Å². The van der Waals surface area contributed by atoms with E-state index in [9.17, 15) is 0 Å². The summed E-state index contributed by atoms with van der Waals surface area (Å²) in [5.74, 6) is 0. The molecule has 0 rings (SSSR count). The molecule has 16 heavy (non-hydrogen) atoms. The van der Waals surface area contributed by atoms with Crippen LogP contribution in [0.3, 0.4) is 0 Å². The van der Waals surface area contributed by atoms with Crippen LogP contribution in [-0.2, 0) is 28.7 Å². The molecule has 6 heteroatoms. The first-order chi connectivity index (χ1) is 7.91. The fourth-order valence-electron chi connectivity index (χ4n) is 0.835. The van der Waals surface area contributed by atoms with Gasteiger partial charge in [0.15, 0.2) is 0 Å². The van der Waals surface area contributed by atoms with Gasteiger partial charge in [-0.2, -0.15) is 0 Å². The first-order valence-corrected chi connectivity index (χ1v) is 5.38. The molecule has 6 nitrogen and oxygen atoms in total. The normalized spacial score (nSPS) is 10.9. The molecule has 0 spiro atoms. The lowest BCUT2D eigenvalue weighted by Gasteiger charge is -2.06. The Balaban J connectivity index is 2.83. The Morgan fingerprint density at radius 3 is 1.88 bits per heavy atom. The zero-order valence-electron chi connectivity index (χ0n) is 10.1. The highest BCUT2D eigenvalue weighted by Gasteiger charge is 1.91. The van der Waals surface area contributed by atoms with Crippen molar-refractivity contribution in [3.05, 3.63) is 0 Å². The van der Waals surface area contributed by atoms with Crippen LogP contribution in [0.2, 0.25) is 0 Å². The van der Waals surface area contributed by atoms with Crippen LogP contribution in [0, 0.1) is 0 Å². The molecule has 0 aromatic carbocycles. The van der Waals surface area contributed by atoms with Crippen LogP contribution in [0.1, 0.15) is 6.92 Å². The molecule has 0 heterocycles. The SMILES string of the molecule is CCOCCOCCOCOCCOOC. The Morgan fingerprint density at radius 1 is 0.688 bits per heavy atom. The Hall–Kier alpha value is -0.240. The predicted molar refractivity (Wildman–Crippen MR) is 57.0 cm³/mol. The van der Waals surface area contributed by atoms with E-state index >= 15 is 0 Å². The molecular formula is C10H22O6. The fourth-order valence-corrected chi connectivity index (χ4v) is 0.835. The van der Waals surface area contributed by atoms with Crippen molar-refractivity contribution in [2.45, 2.75) is 6.92 Å². The highest BCUT2D eigenvalue weighted by molar-refractivity contribution is 4.30. The fraction of sp³-hybridized carbons (Fsp3) is 1.00. The van der Waals surface area contributed by atoms with Crippen molar-refractivity contribution in [2.24, 2.45) is 0 Å². The van der Waals surface area contributed by atoms with Crippen molar-refractivity contribution in [1.29, 1.82) is 0 Å². The molecular weight excluding hydrogens is 216 g/mol. The van der Waals surface area contributed by atoms with E-state index in [-0.39, 0.29) is 6.79 Å². The highest BCUT2D eigenvalue weighted by atomic mass is 17.2. The van der Waals surface area contributed by atoms with Gasteiger partial charge in [-0.25, -0.2) is 9.78 Å². The van der Waals surface area contributed by atoms with E-state index in [0.29, 0.717) is 39.6 Å². The summed E-state index contributed by atoms with van der Waals surface area (Å²) >= 11 is 0. The van der Waals surface area contributed by atoms with Crippen LogP contribution >= 0.6 is 0 Å². The van der Waals surface area contributed by atoms with Crippen molar-refractivity contribution >= 4 is 0 Å². The maximum absolute atomic E-state index is 5.23. The minimum Gasteiger partial charge on any atom is -0.379 e. The minimum absolute atomic E-state index is 0.238. The Kier molecular flexibility index (Phi) is 14.5. The number of rotatable bonds is 13. The third kappa shape index (κ3) is 13.8. The molecule has 0 unspecified atom stereocenters. The van der Waals surface area contributed by atoms with Crippen molar-refractivity contribution in [1.82, 2.24) is 0 Å². The van der Waals surface area contributed by atoms with Crippen LogP contribution in [0.5, 0.6) is 0 Å². The van der Waals surface area contributed by atoms with Gasteiger partial charge in [-0.1, -0.05) is 0 Å². The van der Waals surface area contributed by atoms with Gasteiger partial charge in [0.1, 0.15) is 13.4 Å². The third-order valence-corrected chi connectivity index (χ3v) is 1.54. The number of ether oxygens (including phenoxy) is 4. The van der Waals surface area contributed by atoms with Crippen molar-refractivity contribution in [2.75, 3.05) is 60.2 Å². The zero-order chi connectivity index (χ0) is 11.9. The molecule has 98 valence electrons. The van der Waals surface area contributed by atoms with Crippen LogP contribution in [0.25, 0.3) is 0 Å². The molecule has 0 aromatic heterocycles. The van der Waals surface area contributed by atoms with Crippen molar-refractivity contribution in [3.8, 4) is 0 Å². The molecule has 0 fully saturated rings. The van der Waals surface area contributed by atoms with Gasteiger partial charge < -0.3 is 18.9 Å². The van der Waals surface area contributed by atoms with Crippen LogP contribution in [0.4, 0.5) is 0 Å². The Morgan fingerprint density at radius 2 is 1.25 bits per heavy atom. The lowest BCUT2D eigenvalue weighted by Crippen LogP contribution is -2.12. The van der Waals surface area contributed by atoms with Gasteiger partial charge in [-0.15, -0.1) is 0 Å². The smallest absolute Gasteiger partial charge is 0.146 e. The maximum atomic E-state index is 5.23. The second kappa shape index (κ2) is 14.8. The minimum atomic E-state index is 0.238. The second-order valence-corrected chi connectivity index (χ2v) is 2.73. The standard InChI is InChI=1S/C10H22O6/c1-3-12-4-5-13-6-7-14-10-15-8-9-16-11-2/h3-10H2,1-2H3. The zero-order valence-corrected chi connectivity index (χ0v) is 10.1.